The topological polar surface area (TPSA) is 114 Å². The maximum absolute atomic E-state index is 10.1. The molecule has 0 unspecified atom stereocenters. The monoisotopic (exact) mass is 381 g/mol. The Labute approximate surface area is 165 Å². The van der Waals surface area contributed by atoms with Gasteiger partial charge in [0.05, 0.1) is 12.3 Å². The van der Waals surface area contributed by atoms with E-state index in [4.69, 9.17) is 0 Å². The Balaban J connectivity index is 1.65. The molecule has 148 valence electrons. The van der Waals surface area contributed by atoms with Gasteiger partial charge >= 0.3 is 0 Å². The number of aliphatic hydroxyl groups excluding tert-OH is 1. The molecule has 0 radical (unpaired) electrons. The summed E-state index contributed by atoms with van der Waals surface area (Å²) >= 11 is 0. The van der Waals surface area contributed by atoms with Gasteiger partial charge in [0.25, 0.3) is 0 Å². The Kier molecular flexibility index (Phi) is 6.00. The number of phenols is 1. The van der Waals surface area contributed by atoms with E-state index in [-0.39, 0.29) is 23.3 Å². The second-order valence-electron chi connectivity index (χ2n) is 8.00. The number of phenolic OH excluding ortho intramolecular Hbond substituents is 1. The highest BCUT2D eigenvalue weighted by Crippen LogP contribution is 2.36. The average molecular weight is 381 g/mol. The summed E-state index contributed by atoms with van der Waals surface area (Å²) in [6.45, 7) is 4.68. The molecule has 1 aromatic carbocycles. The molecule has 1 heterocycles. The number of aliphatic hydroxyl groups is 1. The quantitative estimate of drug-likeness (QED) is 0.608. The first-order chi connectivity index (χ1) is 13.4. The lowest BCUT2D eigenvalue weighted by atomic mass is 9.73. The fraction of sp³-hybridized carbons (Fsp3) is 0.476. The van der Waals surface area contributed by atoms with Crippen LogP contribution in [0.1, 0.15) is 44.2 Å². The van der Waals surface area contributed by atoms with Gasteiger partial charge in [-0.2, -0.15) is 10.2 Å². The lowest BCUT2D eigenvalue weighted by Gasteiger charge is -2.40. The predicted octanol–water partition coefficient (Wildman–Crippen LogP) is 3.06. The smallest absolute Gasteiger partial charge is 0.224 e. The number of rotatable bonds is 6. The van der Waals surface area contributed by atoms with E-state index in [0.29, 0.717) is 30.3 Å². The summed E-state index contributed by atoms with van der Waals surface area (Å²) in [5.74, 6) is 1.22. The van der Waals surface area contributed by atoms with Crippen LogP contribution in [0.3, 0.4) is 0 Å². The van der Waals surface area contributed by atoms with Crippen LogP contribution in [0.15, 0.2) is 30.5 Å². The van der Waals surface area contributed by atoms with Crippen molar-refractivity contribution in [1.29, 1.82) is 5.26 Å². The van der Waals surface area contributed by atoms with Crippen LogP contribution in [0, 0.1) is 16.7 Å². The van der Waals surface area contributed by atoms with E-state index in [1.54, 1.807) is 12.1 Å². The van der Waals surface area contributed by atoms with Crippen LogP contribution in [0.2, 0.25) is 0 Å². The molecule has 7 nitrogen and oxygen atoms in total. The van der Waals surface area contributed by atoms with Crippen molar-refractivity contribution in [2.45, 2.75) is 51.7 Å². The van der Waals surface area contributed by atoms with Crippen molar-refractivity contribution < 1.29 is 10.2 Å². The van der Waals surface area contributed by atoms with Gasteiger partial charge in [0.15, 0.2) is 0 Å². The summed E-state index contributed by atoms with van der Waals surface area (Å²) in [7, 11) is 0. The molecule has 4 N–H and O–H groups in total. The molecule has 0 saturated heterocycles. The third-order valence-corrected chi connectivity index (χ3v) is 5.38. The molecule has 0 aliphatic heterocycles. The van der Waals surface area contributed by atoms with Crippen molar-refractivity contribution in [1.82, 2.24) is 9.97 Å². The second kappa shape index (κ2) is 8.44. The highest BCUT2D eigenvalue weighted by atomic mass is 16.3. The fourth-order valence-electron chi connectivity index (χ4n) is 3.63. The molecule has 1 aliphatic carbocycles. The van der Waals surface area contributed by atoms with Crippen LogP contribution >= 0.6 is 0 Å². The second-order valence-corrected chi connectivity index (χ2v) is 8.00. The van der Waals surface area contributed by atoms with Crippen molar-refractivity contribution in [3.63, 3.8) is 0 Å². The highest BCUT2D eigenvalue weighted by molar-refractivity contribution is 5.54. The molecule has 7 heteroatoms. The van der Waals surface area contributed by atoms with Crippen molar-refractivity contribution >= 4 is 11.8 Å². The van der Waals surface area contributed by atoms with Crippen molar-refractivity contribution in [2.75, 3.05) is 17.2 Å². The summed E-state index contributed by atoms with van der Waals surface area (Å²) < 4.78 is 0. The normalized spacial score (nSPS) is 20.9. The Morgan fingerprint density at radius 2 is 2.07 bits per heavy atom. The Hall–Kier alpha value is -2.85. The zero-order valence-corrected chi connectivity index (χ0v) is 16.3. The zero-order chi connectivity index (χ0) is 20.1. The van der Waals surface area contributed by atoms with Crippen LogP contribution in [0.5, 0.6) is 5.75 Å². The van der Waals surface area contributed by atoms with Gasteiger partial charge in [0.1, 0.15) is 23.2 Å². The average Bonchev–Trinajstić information content (AvgIpc) is 2.66. The Morgan fingerprint density at radius 3 is 2.79 bits per heavy atom. The van der Waals surface area contributed by atoms with Crippen LogP contribution in [0.25, 0.3) is 0 Å². The number of nitrogens with zero attached hydrogens (tertiary/aromatic N) is 3. The number of hydrogen-bond donors (Lipinski definition) is 4. The molecule has 0 spiro atoms. The van der Waals surface area contributed by atoms with E-state index < -0.39 is 0 Å². The van der Waals surface area contributed by atoms with Gasteiger partial charge in [-0.05, 0) is 42.7 Å². The van der Waals surface area contributed by atoms with Gasteiger partial charge in [-0.15, -0.1) is 0 Å². The number of benzene rings is 1. The van der Waals surface area contributed by atoms with E-state index in [1.807, 2.05) is 12.1 Å². The first-order valence-electron chi connectivity index (χ1n) is 9.61. The number of aromatic hydroxyl groups is 1. The maximum Gasteiger partial charge on any atom is 0.224 e. The number of hydrogen-bond acceptors (Lipinski definition) is 7. The van der Waals surface area contributed by atoms with E-state index in [0.717, 1.165) is 24.8 Å². The minimum Gasteiger partial charge on any atom is -0.508 e. The van der Waals surface area contributed by atoms with E-state index in [2.05, 4.69) is 40.5 Å². The van der Waals surface area contributed by atoms with Crippen molar-refractivity contribution in [3.05, 3.63) is 41.6 Å². The summed E-state index contributed by atoms with van der Waals surface area (Å²) in [6, 6.07) is 9.50. The molecular weight excluding hydrogens is 354 g/mol. The number of anilines is 2. The summed E-state index contributed by atoms with van der Waals surface area (Å²) in [5, 5.41) is 35.9. The number of nitrogens with one attached hydrogen (secondary N) is 2. The van der Waals surface area contributed by atoms with Gasteiger partial charge in [0, 0.05) is 12.6 Å². The molecule has 1 fully saturated rings. The van der Waals surface area contributed by atoms with Crippen LogP contribution in [-0.2, 0) is 6.42 Å². The molecule has 1 aromatic heterocycles. The zero-order valence-electron chi connectivity index (χ0n) is 16.3. The van der Waals surface area contributed by atoms with Gasteiger partial charge in [-0.3, -0.25) is 0 Å². The van der Waals surface area contributed by atoms with Gasteiger partial charge in [0.2, 0.25) is 5.95 Å². The SMILES string of the molecule is CC1(C)C[C@H](Nc2nc(NCCc3ccccc3O)ncc2C#N)CC[C@@H]1O. The Morgan fingerprint density at radius 1 is 1.29 bits per heavy atom. The first-order valence-corrected chi connectivity index (χ1v) is 9.61. The van der Waals surface area contributed by atoms with Gasteiger partial charge in [-0.25, -0.2) is 4.98 Å². The Bertz CT molecular complexity index is 862. The van der Waals surface area contributed by atoms with Crippen molar-refractivity contribution in [2.24, 2.45) is 5.41 Å². The maximum atomic E-state index is 10.1. The van der Waals surface area contributed by atoms with E-state index in [9.17, 15) is 15.5 Å². The summed E-state index contributed by atoms with van der Waals surface area (Å²) in [5.41, 5.74) is 1.08. The molecule has 1 aliphatic rings. The number of aromatic nitrogens is 2. The molecule has 3 rings (SSSR count). The predicted molar refractivity (Wildman–Crippen MR) is 108 cm³/mol. The molecule has 0 amide bonds. The summed E-state index contributed by atoms with van der Waals surface area (Å²) in [6.07, 6.45) is 4.20. The number of nitriles is 1. The molecule has 2 atom stereocenters. The molecular formula is C21H27N5O2. The highest BCUT2D eigenvalue weighted by Gasteiger charge is 2.35. The third-order valence-electron chi connectivity index (χ3n) is 5.38. The molecule has 0 bridgehead atoms. The largest absolute Gasteiger partial charge is 0.508 e. The van der Waals surface area contributed by atoms with E-state index >= 15 is 0 Å². The first kappa shape index (κ1) is 19.9. The number of para-hydroxylation sites is 1. The lowest BCUT2D eigenvalue weighted by molar-refractivity contribution is 0.00926. The fourth-order valence-corrected chi connectivity index (χ4v) is 3.63. The van der Waals surface area contributed by atoms with Gasteiger partial charge < -0.3 is 20.8 Å². The van der Waals surface area contributed by atoms with E-state index in [1.165, 1.54) is 6.20 Å². The van der Waals surface area contributed by atoms with Gasteiger partial charge in [-0.1, -0.05) is 32.0 Å². The van der Waals surface area contributed by atoms with Crippen LogP contribution in [-0.4, -0.2) is 38.9 Å². The molecule has 28 heavy (non-hydrogen) atoms. The molecule has 1 saturated carbocycles. The van der Waals surface area contributed by atoms with Crippen molar-refractivity contribution in [3.8, 4) is 11.8 Å². The summed E-state index contributed by atoms with van der Waals surface area (Å²) in [4.78, 5) is 8.69. The standard InChI is InChI=1S/C21H27N5O2/c1-21(2)11-16(7-8-18(21)28)25-19-15(12-22)13-24-20(26-19)23-10-9-14-5-3-4-6-17(14)27/h3-6,13,16,18,27-28H,7-11H2,1-2H3,(H2,23,24,25,26)/t16-,18+/m1/s1. The third kappa shape index (κ3) is 4.70. The minimum absolute atomic E-state index is 0.148. The molecule has 2 aromatic rings. The lowest BCUT2D eigenvalue weighted by Crippen LogP contribution is -2.41. The van der Waals surface area contributed by atoms with Crippen LogP contribution in [0.4, 0.5) is 11.8 Å². The van der Waals surface area contributed by atoms with Crippen LogP contribution < -0.4 is 10.6 Å². The minimum atomic E-state index is -0.307.